The van der Waals surface area contributed by atoms with Crippen molar-refractivity contribution in [2.75, 3.05) is 0 Å². The van der Waals surface area contributed by atoms with Gasteiger partial charge in [-0.2, -0.15) is 0 Å². The summed E-state index contributed by atoms with van der Waals surface area (Å²) >= 11 is 5.21. The predicted molar refractivity (Wildman–Crippen MR) is 78.4 cm³/mol. The van der Waals surface area contributed by atoms with Crippen LogP contribution < -0.4 is 0 Å². The highest BCUT2D eigenvalue weighted by Gasteiger charge is 2.05. The van der Waals surface area contributed by atoms with Crippen molar-refractivity contribution in [2.24, 2.45) is 5.92 Å². The molecule has 0 atom stereocenters. The summed E-state index contributed by atoms with van der Waals surface area (Å²) in [5, 5.41) is 3.40. The lowest BCUT2D eigenvalue weighted by Crippen LogP contribution is -1.91. The summed E-state index contributed by atoms with van der Waals surface area (Å²) in [4.78, 5) is 4.69. The molecule has 0 bridgehead atoms. The summed E-state index contributed by atoms with van der Waals surface area (Å²) in [5.41, 5.74) is 2.29. The first-order chi connectivity index (χ1) is 8.15. The molecule has 0 radical (unpaired) electrons. The Hall–Kier alpha value is -0.670. The fraction of sp³-hybridized carbons (Fsp3) is 0.357. The molecule has 1 aromatic carbocycles. The molecule has 3 heteroatoms. The van der Waals surface area contributed by atoms with Crippen molar-refractivity contribution >= 4 is 27.3 Å². The van der Waals surface area contributed by atoms with Crippen molar-refractivity contribution in [1.82, 2.24) is 4.98 Å². The molecule has 2 aromatic rings. The monoisotopic (exact) mass is 309 g/mol. The molecule has 90 valence electrons. The molecule has 0 N–H and O–H groups in total. The summed E-state index contributed by atoms with van der Waals surface area (Å²) in [5.74, 6) is 0.745. The van der Waals surface area contributed by atoms with E-state index in [1.54, 1.807) is 11.3 Å². The summed E-state index contributed by atoms with van der Waals surface area (Å²) in [6.07, 6.45) is 2.31. The molecule has 0 saturated carbocycles. The summed E-state index contributed by atoms with van der Waals surface area (Å²) < 4.78 is 1.11. The molecule has 17 heavy (non-hydrogen) atoms. The van der Waals surface area contributed by atoms with Gasteiger partial charge in [0.2, 0.25) is 0 Å². The minimum atomic E-state index is 0.745. The molecule has 0 aliphatic rings. The third-order valence-electron chi connectivity index (χ3n) is 2.63. The van der Waals surface area contributed by atoms with E-state index in [1.807, 2.05) is 0 Å². The van der Waals surface area contributed by atoms with E-state index < -0.39 is 0 Å². The summed E-state index contributed by atoms with van der Waals surface area (Å²) in [6, 6.07) is 8.32. The lowest BCUT2D eigenvalue weighted by molar-refractivity contribution is 0.585. The van der Waals surface area contributed by atoms with Gasteiger partial charge in [-0.15, -0.1) is 11.3 Å². The van der Waals surface area contributed by atoms with Crippen LogP contribution in [-0.2, 0) is 6.42 Å². The number of benzene rings is 1. The first-order valence-electron chi connectivity index (χ1n) is 5.85. The lowest BCUT2D eigenvalue weighted by atomic mass is 10.1. The summed E-state index contributed by atoms with van der Waals surface area (Å²) in [7, 11) is 0. The molecule has 0 fully saturated rings. The maximum Gasteiger partial charge on any atom is 0.0932 e. The Balaban J connectivity index is 2.10. The minimum absolute atomic E-state index is 0.745. The van der Waals surface area contributed by atoms with Gasteiger partial charge >= 0.3 is 0 Å². The van der Waals surface area contributed by atoms with Crippen molar-refractivity contribution in [3.05, 3.63) is 39.1 Å². The van der Waals surface area contributed by atoms with Gasteiger partial charge in [0.05, 0.1) is 10.7 Å². The molecule has 0 aliphatic carbocycles. The zero-order chi connectivity index (χ0) is 12.3. The largest absolute Gasteiger partial charge is 0.241 e. The van der Waals surface area contributed by atoms with Gasteiger partial charge in [0.15, 0.2) is 0 Å². The van der Waals surface area contributed by atoms with Crippen LogP contribution in [0.15, 0.2) is 34.1 Å². The topological polar surface area (TPSA) is 12.9 Å². The van der Waals surface area contributed by atoms with Gasteiger partial charge in [0.1, 0.15) is 0 Å². The molecule has 0 saturated heterocycles. The highest BCUT2D eigenvalue weighted by atomic mass is 79.9. The average Bonchev–Trinajstić information content (AvgIpc) is 2.76. The van der Waals surface area contributed by atoms with Gasteiger partial charge in [-0.1, -0.05) is 41.9 Å². The first-order valence-corrected chi connectivity index (χ1v) is 7.53. The standard InChI is InChI=1S/C14H16BrNS/c1-10(2)3-8-14-16-13(9-17-14)11-4-6-12(15)7-5-11/h4-7,9-10H,3,8H2,1-2H3. The first kappa shape index (κ1) is 12.8. The van der Waals surface area contributed by atoms with E-state index >= 15 is 0 Å². The molecular weight excluding hydrogens is 294 g/mol. The van der Waals surface area contributed by atoms with E-state index in [1.165, 1.54) is 17.0 Å². The molecule has 1 heterocycles. The molecule has 1 nitrogen and oxygen atoms in total. The third kappa shape index (κ3) is 3.65. The van der Waals surface area contributed by atoms with E-state index in [-0.39, 0.29) is 0 Å². The maximum absolute atomic E-state index is 4.69. The van der Waals surface area contributed by atoms with Crippen LogP contribution in [0.4, 0.5) is 0 Å². The number of aryl methyl sites for hydroxylation is 1. The number of rotatable bonds is 4. The van der Waals surface area contributed by atoms with Crippen molar-refractivity contribution < 1.29 is 0 Å². The average molecular weight is 310 g/mol. The zero-order valence-electron chi connectivity index (χ0n) is 10.1. The number of aromatic nitrogens is 1. The second-order valence-corrected chi connectivity index (χ2v) is 6.42. The Labute approximate surface area is 115 Å². The maximum atomic E-state index is 4.69. The van der Waals surface area contributed by atoms with Crippen LogP contribution in [0.3, 0.4) is 0 Å². The van der Waals surface area contributed by atoms with Gasteiger partial charge in [0.25, 0.3) is 0 Å². The van der Waals surface area contributed by atoms with Gasteiger partial charge in [-0.3, -0.25) is 0 Å². The Bertz CT molecular complexity index is 473. The van der Waals surface area contributed by atoms with Crippen LogP contribution in [0.5, 0.6) is 0 Å². The molecule has 0 unspecified atom stereocenters. The number of nitrogens with zero attached hydrogens (tertiary/aromatic N) is 1. The van der Waals surface area contributed by atoms with E-state index in [9.17, 15) is 0 Å². The highest BCUT2D eigenvalue weighted by Crippen LogP contribution is 2.24. The van der Waals surface area contributed by atoms with E-state index in [2.05, 4.69) is 64.4 Å². The smallest absolute Gasteiger partial charge is 0.0932 e. The third-order valence-corrected chi connectivity index (χ3v) is 4.06. The molecule has 2 rings (SSSR count). The molecule has 0 spiro atoms. The number of hydrogen-bond acceptors (Lipinski definition) is 2. The van der Waals surface area contributed by atoms with Crippen molar-refractivity contribution in [1.29, 1.82) is 0 Å². The van der Waals surface area contributed by atoms with Gasteiger partial charge in [-0.05, 0) is 30.9 Å². The fourth-order valence-corrected chi connectivity index (χ4v) is 2.68. The second kappa shape index (κ2) is 5.78. The molecule has 0 aliphatic heterocycles. The van der Waals surface area contributed by atoms with Crippen LogP contribution in [0, 0.1) is 5.92 Å². The Morgan fingerprint density at radius 1 is 1.24 bits per heavy atom. The minimum Gasteiger partial charge on any atom is -0.241 e. The van der Waals surface area contributed by atoms with Crippen molar-refractivity contribution in [2.45, 2.75) is 26.7 Å². The molecule has 0 amide bonds. The fourth-order valence-electron chi connectivity index (χ4n) is 1.59. The molecule has 1 aromatic heterocycles. The van der Waals surface area contributed by atoms with Crippen LogP contribution in [0.2, 0.25) is 0 Å². The van der Waals surface area contributed by atoms with E-state index in [0.29, 0.717) is 0 Å². The normalized spacial score (nSPS) is 11.1. The number of hydrogen-bond donors (Lipinski definition) is 0. The van der Waals surface area contributed by atoms with Crippen LogP contribution >= 0.6 is 27.3 Å². The van der Waals surface area contributed by atoms with Crippen LogP contribution in [-0.4, -0.2) is 4.98 Å². The Kier molecular flexibility index (Phi) is 4.35. The van der Waals surface area contributed by atoms with Gasteiger partial charge < -0.3 is 0 Å². The SMILES string of the molecule is CC(C)CCc1nc(-c2ccc(Br)cc2)cs1. The molecular formula is C14H16BrNS. The van der Waals surface area contributed by atoms with Crippen molar-refractivity contribution in [3.63, 3.8) is 0 Å². The highest BCUT2D eigenvalue weighted by molar-refractivity contribution is 9.10. The van der Waals surface area contributed by atoms with E-state index in [0.717, 1.165) is 22.5 Å². The van der Waals surface area contributed by atoms with Crippen LogP contribution in [0.1, 0.15) is 25.3 Å². The zero-order valence-corrected chi connectivity index (χ0v) is 12.5. The summed E-state index contributed by atoms with van der Waals surface area (Å²) in [6.45, 7) is 4.51. The van der Waals surface area contributed by atoms with Crippen molar-refractivity contribution in [3.8, 4) is 11.3 Å². The quantitative estimate of drug-likeness (QED) is 0.760. The van der Waals surface area contributed by atoms with Gasteiger partial charge in [-0.25, -0.2) is 4.98 Å². The predicted octanol–water partition coefficient (Wildman–Crippen LogP) is 5.16. The van der Waals surface area contributed by atoms with Crippen LogP contribution in [0.25, 0.3) is 11.3 Å². The second-order valence-electron chi connectivity index (χ2n) is 4.57. The number of halogens is 1. The lowest BCUT2D eigenvalue weighted by Gasteiger charge is -2.00. The Morgan fingerprint density at radius 2 is 1.94 bits per heavy atom. The number of thiazole rings is 1. The Morgan fingerprint density at radius 3 is 2.59 bits per heavy atom. The van der Waals surface area contributed by atoms with Gasteiger partial charge in [0, 0.05) is 15.4 Å². The van der Waals surface area contributed by atoms with E-state index in [4.69, 9.17) is 0 Å².